The van der Waals surface area contributed by atoms with E-state index in [0.29, 0.717) is 5.75 Å². The fraction of sp³-hybridized carbons (Fsp3) is 0.188. The molecule has 1 atom stereocenters. The fourth-order valence-corrected chi connectivity index (χ4v) is 2.99. The molecule has 0 saturated heterocycles. The maximum atomic E-state index is 12.3. The van der Waals surface area contributed by atoms with Crippen molar-refractivity contribution >= 4 is 16.8 Å². The minimum absolute atomic E-state index is 0.00183. The molecule has 0 saturated carbocycles. The first-order valence-electron chi connectivity index (χ1n) is 6.40. The molecule has 110 valence electrons. The number of aliphatic carboxylic acids is 1. The molecule has 1 N–H and O–H groups in total. The minimum Gasteiger partial charge on any atom is -0.497 e. The molecule has 0 fully saturated rings. The Labute approximate surface area is 125 Å². The second-order valence-electron chi connectivity index (χ2n) is 4.55. The van der Waals surface area contributed by atoms with E-state index in [1.165, 1.54) is 0 Å². The molecular weight excluding hydrogens is 288 g/mol. The van der Waals surface area contributed by atoms with Gasteiger partial charge in [0.15, 0.2) is 0 Å². The summed E-state index contributed by atoms with van der Waals surface area (Å²) in [5.41, 5.74) is 1.65. The van der Waals surface area contributed by atoms with Gasteiger partial charge in [0.05, 0.1) is 30.1 Å². The fourth-order valence-electron chi connectivity index (χ4n) is 1.89. The predicted molar refractivity (Wildman–Crippen MR) is 80.9 cm³/mol. The molecule has 2 aromatic carbocycles. The van der Waals surface area contributed by atoms with Crippen LogP contribution in [0.2, 0.25) is 0 Å². The van der Waals surface area contributed by atoms with E-state index < -0.39 is 16.8 Å². The van der Waals surface area contributed by atoms with Crippen molar-refractivity contribution < 1.29 is 18.8 Å². The van der Waals surface area contributed by atoms with Crippen LogP contribution in [0.3, 0.4) is 0 Å². The summed E-state index contributed by atoms with van der Waals surface area (Å²) >= 11 is 0. The summed E-state index contributed by atoms with van der Waals surface area (Å²) < 4.78 is 17.3. The Balaban J connectivity index is 2.03. The smallest absolute Gasteiger partial charge is 0.307 e. The maximum absolute atomic E-state index is 12.3. The van der Waals surface area contributed by atoms with E-state index in [0.717, 1.165) is 21.8 Å². The third-order valence-corrected chi connectivity index (χ3v) is 4.39. The molecule has 0 amide bonds. The van der Waals surface area contributed by atoms with Crippen molar-refractivity contribution in [3.05, 3.63) is 59.7 Å². The molecule has 0 spiro atoms. The van der Waals surface area contributed by atoms with Crippen LogP contribution >= 0.6 is 0 Å². The van der Waals surface area contributed by atoms with E-state index in [-0.39, 0.29) is 6.42 Å². The number of hydrogen-bond donors (Lipinski definition) is 1. The van der Waals surface area contributed by atoms with Crippen LogP contribution in [-0.2, 0) is 27.8 Å². The molecule has 0 radical (unpaired) electrons. The number of rotatable bonds is 6. The van der Waals surface area contributed by atoms with Crippen molar-refractivity contribution in [2.24, 2.45) is 0 Å². The van der Waals surface area contributed by atoms with E-state index in [1.54, 1.807) is 43.5 Å². The van der Waals surface area contributed by atoms with Gasteiger partial charge in [0.25, 0.3) is 0 Å². The highest BCUT2D eigenvalue weighted by molar-refractivity contribution is 7.84. The number of carbonyl (C=O) groups is 1. The summed E-state index contributed by atoms with van der Waals surface area (Å²) in [4.78, 5) is 11.4. The summed E-state index contributed by atoms with van der Waals surface area (Å²) in [6.45, 7) is 0. The van der Waals surface area contributed by atoms with Gasteiger partial charge in [-0.1, -0.05) is 24.3 Å². The molecule has 1 unspecified atom stereocenters. The van der Waals surface area contributed by atoms with Gasteiger partial charge in [0.1, 0.15) is 5.75 Å². The molecule has 0 heterocycles. The first kappa shape index (κ1) is 15.3. The molecule has 2 rings (SSSR count). The highest BCUT2D eigenvalue weighted by Gasteiger charge is 2.06. The van der Waals surface area contributed by atoms with Gasteiger partial charge in [-0.05, 0) is 35.4 Å². The van der Waals surface area contributed by atoms with Gasteiger partial charge in [-0.2, -0.15) is 0 Å². The lowest BCUT2D eigenvalue weighted by atomic mass is 10.1. The number of ether oxygens (including phenoxy) is 1. The van der Waals surface area contributed by atoms with E-state index in [4.69, 9.17) is 9.84 Å². The van der Waals surface area contributed by atoms with Crippen LogP contribution in [0, 0.1) is 0 Å². The Morgan fingerprint density at radius 2 is 1.62 bits per heavy atom. The Hall–Kier alpha value is -2.14. The van der Waals surface area contributed by atoms with Gasteiger partial charge >= 0.3 is 5.97 Å². The SMILES string of the molecule is COc1ccc(S(=O)Cc2ccc(CC(=O)O)cc2)cc1. The third-order valence-electron chi connectivity index (χ3n) is 3.00. The third kappa shape index (κ3) is 4.43. The lowest BCUT2D eigenvalue weighted by Crippen LogP contribution is -2.01. The Morgan fingerprint density at radius 1 is 1.05 bits per heavy atom. The molecule has 0 aliphatic carbocycles. The molecule has 4 nitrogen and oxygen atoms in total. The predicted octanol–water partition coefficient (Wildman–Crippen LogP) is 2.63. The van der Waals surface area contributed by atoms with Gasteiger partial charge < -0.3 is 9.84 Å². The average Bonchev–Trinajstić information content (AvgIpc) is 2.49. The Morgan fingerprint density at radius 3 is 2.14 bits per heavy atom. The van der Waals surface area contributed by atoms with Crippen molar-refractivity contribution in [3.8, 4) is 5.75 Å². The topological polar surface area (TPSA) is 63.6 Å². The van der Waals surface area contributed by atoms with Crippen molar-refractivity contribution in [2.45, 2.75) is 17.1 Å². The molecule has 0 aliphatic rings. The second-order valence-corrected chi connectivity index (χ2v) is 6.00. The van der Waals surface area contributed by atoms with Crippen molar-refractivity contribution in [2.75, 3.05) is 7.11 Å². The van der Waals surface area contributed by atoms with Gasteiger partial charge in [0.2, 0.25) is 0 Å². The van der Waals surface area contributed by atoms with Crippen molar-refractivity contribution in [1.29, 1.82) is 0 Å². The van der Waals surface area contributed by atoms with E-state index in [1.807, 2.05) is 12.1 Å². The van der Waals surface area contributed by atoms with Crippen molar-refractivity contribution in [1.82, 2.24) is 0 Å². The lowest BCUT2D eigenvalue weighted by Gasteiger charge is -2.05. The first-order chi connectivity index (χ1) is 10.1. The molecule has 0 aromatic heterocycles. The van der Waals surface area contributed by atoms with Gasteiger partial charge in [-0.25, -0.2) is 0 Å². The van der Waals surface area contributed by atoms with E-state index >= 15 is 0 Å². The number of carboxylic acid groups (broad SMARTS) is 1. The average molecular weight is 304 g/mol. The summed E-state index contributed by atoms with van der Waals surface area (Å²) in [5, 5.41) is 8.71. The number of benzene rings is 2. The zero-order chi connectivity index (χ0) is 15.2. The number of methoxy groups -OCH3 is 1. The van der Waals surface area contributed by atoms with Crippen LogP contribution in [-0.4, -0.2) is 22.4 Å². The summed E-state index contributed by atoms with van der Waals surface area (Å²) in [5.74, 6) is 0.276. The quantitative estimate of drug-likeness (QED) is 0.891. The van der Waals surface area contributed by atoms with Crippen LogP contribution in [0.15, 0.2) is 53.4 Å². The van der Waals surface area contributed by atoms with E-state index in [2.05, 4.69) is 0 Å². The van der Waals surface area contributed by atoms with Gasteiger partial charge in [-0.3, -0.25) is 9.00 Å². The Kier molecular flexibility index (Phi) is 5.11. The number of carboxylic acids is 1. The highest BCUT2D eigenvalue weighted by Crippen LogP contribution is 2.17. The molecule has 5 heteroatoms. The number of hydrogen-bond acceptors (Lipinski definition) is 3. The van der Waals surface area contributed by atoms with Crippen LogP contribution < -0.4 is 4.74 Å². The van der Waals surface area contributed by atoms with Gasteiger partial charge in [-0.15, -0.1) is 0 Å². The molecular formula is C16H16O4S. The van der Waals surface area contributed by atoms with Crippen LogP contribution in [0.4, 0.5) is 0 Å². The van der Waals surface area contributed by atoms with E-state index in [9.17, 15) is 9.00 Å². The minimum atomic E-state index is -1.13. The monoisotopic (exact) mass is 304 g/mol. The van der Waals surface area contributed by atoms with Crippen LogP contribution in [0.5, 0.6) is 5.75 Å². The highest BCUT2D eigenvalue weighted by atomic mass is 32.2. The maximum Gasteiger partial charge on any atom is 0.307 e. The zero-order valence-electron chi connectivity index (χ0n) is 11.6. The largest absolute Gasteiger partial charge is 0.497 e. The molecule has 21 heavy (non-hydrogen) atoms. The van der Waals surface area contributed by atoms with Crippen LogP contribution in [0.25, 0.3) is 0 Å². The van der Waals surface area contributed by atoms with Gasteiger partial charge in [0, 0.05) is 4.90 Å². The van der Waals surface area contributed by atoms with Crippen LogP contribution in [0.1, 0.15) is 11.1 Å². The normalized spacial score (nSPS) is 11.9. The lowest BCUT2D eigenvalue weighted by molar-refractivity contribution is -0.136. The molecule has 2 aromatic rings. The molecule has 0 aliphatic heterocycles. The first-order valence-corrected chi connectivity index (χ1v) is 7.72. The zero-order valence-corrected chi connectivity index (χ0v) is 12.4. The summed E-state index contributed by atoms with van der Waals surface area (Å²) in [7, 11) is 0.454. The second kappa shape index (κ2) is 7.04. The van der Waals surface area contributed by atoms with Crippen molar-refractivity contribution in [3.63, 3.8) is 0 Å². The summed E-state index contributed by atoms with van der Waals surface area (Å²) in [6.07, 6.45) is 0.00183. The molecule has 0 bridgehead atoms. The summed E-state index contributed by atoms with van der Waals surface area (Å²) in [6, 6.07) is 14.3. The standard InChI is InChI=1S/C16H16O4S/c1-20-14-6-8-15(9-7-14)21(19)11-13-4-2-12(3-5-13)10-16(17)18/h2-9H,10-11H2,1H3,(H,17,18). The Bertz CT molecular complexity index is 632.